The monoisotopic (exact) mass is 372 g/mol. The van der Waals surface area contributed by atoms with Crippen molar-refractivity contribution in [3.05, 3.63) is 88.8 Å². The van der Waals surface area contributed by atoms with Gasteiger partial charge in [-0.15, -0.1) is 11.3 Å². The second-order valence-corrected chi connectivity index (χ2v) is 7.66. The number of nitrogen functional groups attached to an aromatic ring is 1. The van der Waals surface area contributed by atoms with Crippen LogP contribution in [0.4, 0.5) is 0 Å². The van der Waals surface area contributed by atoms with Crippen molar-refractivity contribution in [3.63, 3.8) is 0 Å². The molecule has 0 unspecified atom stereocenters. The maximum atomic E-state index is 7.61. The summed E-state index contributed by atoms with van der Waals surface area (Å²) in [6.45, 7) is 2.63. The van der Waals surface area contributed by atoms with Crippen molar-refractivity contribution >= 4 is 27.3 Å². The normalized spacial score (nSPS) is 10.9. The predicted octanol–water partition coefficient (Wildman–Crippen LogP) is 5.74. The number of thiophene rings is 1. The van der Waals surface area contributed by atoms with E-state index >= 15 is 0 Å². The lowest BCUT2D eigenvalue weighted by Gasteiger charge is -2.09. The summed E-state index contributed by atoms with van der Waals surface area (Å²) in [4.78, 5) is 0.803. The minimum atomic E-state index is 0.115. The number of nitrogens with one attached hydrogen (secondary N) is 1. The number of amidine groups is 1. The third kappa shape index (κ3) is 3.86. The Kier molecular flexibility index (Phi) is 4.65. The molecule has 0 saturated carbocycles. The predicted molar refractivity (Wildman–Crippen MR) is 114 cm³/mol. The highest BCUT2D eigenvalue weighted by Crippen LogP contribution is 2.31. The van der Waals surface area contributed by atoms with Crippen LogP contribution in [0.25, 0.3) is 21.2 Å². The Labute approximate surface area is 162 Å². The average molecular weight is 372 g/mol. The van der Waals surface area contributed by atoms with Crippen LogP contribution in [-0.2, 0) is 6.61 Å². The number of fused-ring (bicyclic) bond motifs is 1. The highest BCUT2D eigenvalue weighted by molar-refractivity contribution is 7.20. The van der Waals surface area contributed by atoms with Crippen molar-refractivity contribution in [2.75, 3.05) is 0 Å². The van der Waals surface area contributed by atoms with E-state index in [0.29, 0.717) is 6.61 Å². The fourth-order valence-corrected chi connectivity index (χ4v) is 3.88. The third-order valence-corrected chi connectivity index (χ3v) is 5.62. The van der Waals surface area contributed by atoms with Gasteiger partial charge in [0.1, 0.15) is 18.2 Å². The van der Waals surface area contributed by atoms with Gasteiger partial charge in [-0.2, -0.15) is 0 Å². The average Bonchev–Trinajstić information content (AvgIpc) is 3.11. The van der Waals surface area contributed by atoms with E-state index in [1.54, 1.807) is 11.3 Å². The molecule has 0 aliphatic heterocycles. The van der Waals surface area contributed by atoms with Crippen LogP contribution in [0.3, 0.4) is 0 Å². The van der Waals surface area contributed by atoms with E-state index < -0.39 is 0 Å². The summed E-state index contributed by atoms with van der Waals surface area (Å²) >= 11 is 1.54. The Hall–Kier alpha value is -3.11. The van der Waals surface area contributed by atoms with Crippen LogP contribution >= 0.6 is 11.3 Å². The van der Waals surface area contributed by atoms with E-state index in [1.807, 2.05) is 18.2 Å². The number of nitrogens with two attached hydrogens (primary N) is 1. The van der Waals surface area contributed by atoms with Crippen LogP contribution in [0.1, 0.15) is 16.0 Å². The summed E-state index contributed by atoms with van der Waals surface area (Å²) in [5, 5.41) is 8.72. The van der Waals surface area contributed by atoms with Crippen molar-refractivity contribution in [1.82, 2.24) is 0 Å². The second-order valence-electron chi connectivity index (χ2n) is 6.58. The number of hydrogen-bond donors (Lipinski definition) is 2. The van der Waals surface area contributed by atoms with Crippen molar-refractivity contribution in [1.29, 1.82) is 5.41 Å². The third-order valence-electron chi connectivity index (χ3n) is 4.48. The molecule has 4 aromatic rings. The van der Waals surface area contributed by atoms with Crippen molar-refractivity contribution < 1.29 is 4.74 Å². The Morgan fingerprint density at radius 1 is 0.963 bits per heavy atom. The van der Waals surface area contributed by atoms with Gasteiger partial charge in [0.15, 0.2) is 0 Å². The highest BCUT2D eigenvalue weighted by atomic mass is 32.1. The number of aryl methyl sites for hydroxylation is 1. The van der Waals surface area contributed by atoms with Gasteiger partial charge < -0.3 is 10.5 Å². The Morgan fingerprint density at radius 3 is 2.52 bits per heavy atom. The summed E-state index contributed by atoms with van der Waals surface area (Å²) in [5.74, 6) is 0.965. The van der Waals surface area contributed by atoms with Crippen molar-refractivity contribution in [3.8, 4) is 16.9 Å². The van der Waals surface area contributed by atoms with Gasteiger partial charge in [0.2, 0.25) is 0 Å². The van der Waals surface area contributed by atoms with Gasteiger partial charge in [0.25, 0.3) is 0 Å². The molecule has 0 spiro atoms. The minimum absolute atomic E-state index is 0.115. The van der Waals surface area contributed by atoms with Gasteiger partial charge >= 0.3 is 0 Å². The Morgan fingerprint density at radius 2 is 1.74 bits per heavy atom. The molecule has 3 N–H and O–H groups in total. The first kappa shape index (κ1) is 17.3. The topological polar surface area (TPSA) is 59.1 Å². The van der Waals surface area contributed by atoms with Gasteiger partial charge in [0.05, 0.1) is 4.88 Å². The molecule has 1 aromatic heterocycles. The summed E-state index contributed by atoms with van der Waals surface area (Å²) in [6.07, 6.45) is 0. The molecule has 0 bridgehead atoms. The molecular weight excluding hydrogens is 352 g/mol. The largest absolute Gasteiger partial charge is 0.489 e. The zero-order valence-corrected chi connectivity index (χ0v) is 15.8. The summed E-state index contributed by atoms with van der Waals surface area (Å²) in [5.41, 5.74) is 10.2. The number of rotatable bonds is 5. The molecule has 3 nitrogen and oxygen atoms in total. The lowest BCUT2D eigenvalue weighted by Crippen LogP contribution is -2.08. The SMILES string of the molecule is Cc1ccc(COc2cccc(-c3ccc4sc(C(=N)N)cc4c3)c2)cc1. The molecule has 27 heavy (non-hydrogen) atoms. The van der Waals surface area contributed by atoms with Gasteiger partial charge in [-0.25, -0.2) is 0 Å². The first-order valence-corrected chi connectivity index (χ1v) is 9.57. The van der Waals surface area contributed by atoms with Crippen molar-refractivity contribution in [2.24, 2.45) is 5.73 Å². The summed E-state index contributed by atoms with van der Waals surface area (Å²) in [6, 6.07) is 24.8. The minimum Gasteiger partial charge on any atom is -0.489 e. The molecule has 0 aliphatic rings. The van der Waals surface area contributed by atoms with E-state index in [1.165, 1.54) is 5.56 Å². The fraction of sp³-hybridized carbons (Fsp3) is 0.0870. The molecule has 0 atom stereocenters. The van der Waals surface area contributed by atoms with Crippen LogP contribution in [-0.4, -0.2) is 5.84 Å². The van der Waals surface area contributed by atoms with Gasteiger partial charge in [-0.3, -0.25) is 5.41 Å². The van der Waals surface area contributed by atoms with E-state index in [4.69, 9.17) is 15.9 Å². The maximum absolute atomic E-state index is 7.61. The molecule has 0 amide bonds. The zero-order chi connectivity index (χ0) is 18.8. The first-order chi connectivity index (χ1) is 13.1. The number of ether oxygens (including phenoxy) is 1. The van der Waals surface area contributed by atoms with E-state index in [9.17, 15) is 0 Å². The molecule has 0 saturated heterocycles. The van der Waals surface area contributed by atoms with Gasteiger partial charge in [-0.1, -0.05) is 48.0 Å². The molecule has 134 valence electrons. The van der Waals surface area contributed by atoms with E-state index in [2.05, 4.69) is 61.5 Å². The van der Waals surface area contributed by atoms with E-state index in [-0.39, 0.29) is 5.84 Å². The lowest BCUT2D eigenvalue weighted by molar-refractivity contribution is 0.306. The fourth-order valence-electron chi connectivity index (χ4n) is 2.97. The van der Waals surface area contributed by atoms with Gasteiger partial charge in [-0.05, 0) is 59.3 Å². The van der Waals surface area contributed by atoms with Crippen molar-refractivity contribution in [2.45, 2.75) is 13.5 Å². The first-order valence-electron chi connectivity index (χ1n) is 8.75. The van der Waals surface area contributed by atoms with Gasteiger partial charge in [0, 0.05) is 4.70 Å². The number of hydrogen-bond acceptors (Lipinski definition) is 3. The molecule has 0 aliphatic carbocycles. The Bertz CT molecular complexity index is 1110. The zero-order valence-electron chi connectivity index (χ0n) is 15.0. The standard InChI is InChI=1S/C23H20N2OS/c1-15-5-7-16(8-6-15)14-26-20-4-2-3-17(12-20)18-9-10-21-19(11-18)13-22(27-21)23(24)25/h2-13H,14H2,1H3,(H3,24,25). The number of benzene rings is 3. The molecule has 3 aromatic carbocycles. The second kappa shape index (κ2) is 7.25. The molecule has 0 fully saturated rings. The van der Waals surface area contributed by atoms with Crippen LogP contribution < -0.4 is 10.5 Å². The highest BCUT2D eigenvalue weighted by Gasteiger charge is 2.07. The lowest BCUT2D eigenvalue weighted by atomic mass is 10.0. The Balaban J connectivity index is 1.57. The molecule has 4 heteroatoms. The van der Waals surface area contributed by atoms with Crippen LogP contribution in [0.5, 0.6) is 5.75 Å². The summed E-state index contributed by atoms with van der Waals surface area (Å²) in [7, 11) is 0. The quantitative estimate of drug-likeness (QED) is 0.347. The maximum Gasteiger partial charge on any atom is 0.133 e. The molecule has 1 heterocycles. The summed E-state index contributed by atoms with van der Waals surface area (Å²) < 4.78 is 7.11. The smallest absolute Gasteiger partial charge is 0.133 e. The molecule has 0 radical (unpaired) electrons. The van der Waals surface area contributed by atoms with Crippen LogP contribution in [0, 0.1) is 12.3 Å². The molecule has 4 rings (SSSR count). The van der Waals surface area contributed by atoms with Crippen LogP contribution in [0.15, 0.2) is 72.8 Å². The van der Waals surface area contributed by atoms with Crippen LogP contribution in [0.2, 0.25) is 0 Å². The molecular formula is C23H20N2OS. The van der Waals surface area contributed by atoms with E-state index in [0.717, 1.165) is 37.4 Å².